The Morgan fingerprint density at radius 1 is 1.10 bits per heavy atom. The van der Waals surface area contributed by atoms with Crippen LogP contribution in [0.5, 0.6) is 11.5 Å². The topological polar surface area (TPSA) is 93.3 Å². The van der Waals surface area contributed by atoms with E-state index in [1.807, 2.05) is 36.4 Å². The van der Waals surface area contributed by atoms with Crippen molar-refractivity contribution in [3.05, 3.63) is 74.5 Å². The molecule has 1 atom stereocenters. The molecule has 0 spiro atoms. The molecule has 1 unspecified atom stereocenters. The molecule has 2 aliphatic heterocycles. The molecule has 0 saturated heterocycles. The maximum absolute atomic E-state index is 12.9. The smallest absolute Gasteiger partial charge is 0.257 e. The van der Waals surface area contributed by atoms with E-state index >= 15 is 0 Å². The zero-order chi connectivity index (χ0) is 20.7. The lowest BCUT2D eigenvalue weighted by molar-refractivity contribution is -0.116. The van der Waals surface area contributed by atoms with Crippen LogP contribution < -0.4 is 20.3 Å². The lowest BCUT2D eigenvalue weighted by atomic mass is 9.86. The molecule has 152 valence electrons. The maximum atomic E-state index is 12.9. The first kappa shape index (κ1) is 19.0. The van der Waals surface area contributed by atoms with E-state index in [1.54, 1.807) is 6.07 Å². The molecule has 0 bridgehead atoms. The summed E-state index contributed by atoms with van der Waals surface area (Å²) in [4.78, 5) is 32.6. The van der Waals surface area contributed by atoms with E-state index in [2.05, 4.69) is 15.3 Å². The van der Waals surface area contributed by atoms with Crippen molar-refractivity contribution in [1.29, 1.82) is 0 Å². The zero-order valence-electron chi connectivity index (χ0n) is 15.6. The summed E-state index contributed by atoms with van der Waals surface area (Å²) >= 11 is 7.30. The molecule has 5 rings (SSSR count). The summed E-state index contributed by atoms with van der Waals surface area (Å²) in [5.41, 5.74) is 2.04. The molecule has 9 heteroatoms. The van der Waals surface area contributed by atoms with E-state index in [1.165, 1.54) is 11.8 Å². The number of nitrogens with one attached hydrogen (secondary N) is 2. The Bertz CT molecular complexity index is 1200. The number of fused-ring (bicyclic) bond motifs is 2. The van der Waals surface area contributed by atoms with E-state index < -0.39 is 5.92 Å². The van der Waals surface area contributed by atoms with Crippen molar-refractivity contribution in [2.24, 2.45) is 0 Å². The number of aromatic nitrogens is 2. The number of hydrogen-bond donors (Lipinski definition) is 2. The van der Waals surface area contributed by atoms with E-state index in [4.69, 9.17) is 21.1 Å². The molecule has 0 aliphatic carbocycles. The summed E-state index contributed by atoms with van der Waals surface area (Å²) in [6.45, 7) is 0.164. The van der Waals surface area contributed by atoms with E-state index in [0.29, 0.717) is 38.8 Å². The number of halogens is 1. The van der Waals surface area contributed by atoms with Gasteiger partial charge < -0.3 is 19.8 Å². The average Bonchev–Trinajstić information content (AvgIpc) is 3.20. The molecule has 3 aromatic rings. The second-order valence-electron chi connectivity index (χ2n) is 6.97. The minimum absolute atomic E-state index is 0.161. The van der Waals surface area contributed by atoms with Crippen molar-refractivity contribution in [3.8, 4) is 11.5 Å². The molecule has 0 saturated carbocycles. The quantitative estimate of drug-likeness (QED) is 0.471. The third kappa shape index (κ3) is 3.64. The summed E-state index contributed by atoms with van der Waals surface area (Å²) in [5.74, 6) is 1.58. The third-order valence-corrected chi connectivity index (χ3v) is 6.21. The molecule has 2 aliphatic rings. The largest absolute Gasteiger partial charge is 0.454 e. The highest BCUT2D eigenvalue weighted by Crippen LogP contribution is 2.40. The molecular weight excluding hydrogens is 426 g/mol. The van der Waals surface area contributed by atoms with Gasteiger partial charge in [0.2, 0.25) is 12.7 Å². The van der Waals surface area contributed by atoms with Crippen LogP contribution in [0.2, 0.25) is 5.02 Å². The Morgan fingerprint density at radius 2 is 1.90 bits per heavy atom. The Balaban J connectivity index is 1.45. The summed E-state index contributed by atoms with van der Waals surface area (Å²) in [6, 6.07) is 12.9. The highest BCUT2D eigenvalue weighted by atomic mass is 35.5. The van der Waals surface area contributed by atoms with Gasteiger partial charge in [0.1, 0.15) is 5.82 Å². The molecule has 2 aromatic carbocycles. The fourth-order valence-corrected chi connectivity index (χ4v) is 4.51. The number of rotatable bonds is 4. The highest BCUT2D eigenvalue weighted by Gasteiger charge is 2.32. The van der Waals surface area contributed by atoms with E-state index in [-0.39, 0.29) is 24.7 Å². The number of amides is 1. The fraction of sp³-hybridized carbons (Fsp3) is 0.190. The van der Waals surface area contributed by atoms with Crippen molar-refractivity contribution >= 4 is 35.1 Å². The molecule has 0 fully saturated rings. The molecule has 2 N–H and O–H groups in total. The number of carbonyl (C=O) groups is 1. The lowest BCUT2D eigenvalue weighted by Gasteiger charge is -2.24. The van der Waals surface area contributed by atoms with Gasteiger partial charge in [0, 0.05) is 23.1 Å². The predicted octanol–water partition coefficient (Wildman–Crippen LogP) is 3.92. The Morgan fingerprint density at radius 3 is 2.73 bits per heavy atom. The predicted molar refractivity (Wildman–Crippen MR) is 114 cm³/mol. The van der Waals surface area contributed by atoms with Crippen molar-refractivity contribution in [2.75, 3.05) is 12.1 Å². The Kier molecular flexibility index (Phi) is 4.88. The van der Waals surface area contributed by atoms with Gasteiger partial charge in [-0.15, -0.1) is 0 Å². The number of hydrogen-bond acceptors (Lipinski definition) is 6. The third-order valence-electron chi connectivity index (χ3n) is 5.02. The number of carbonyl (C=O) groups excluding carboxylic acids is 1. The van der Waals surface area contributed by atoms with Gasteiger partial charge in [0.05, 0.1) is 5.56 Å². The summed E-state index contributed by atoms with van der Waals surface area (Å²) < 4.78 is 10.8. The number of thioether (sulfide) groups is 1. The first-order valence-corrected chi connectivity index (χ1v) is 10.6. The van der Waals surface area contributed by atoms with Gasteiger partial charge >= 0.3 is 0 Å². The molecule has 1 aromatic heterocycles. The minimum Gasteiger partial charge on any atom is -0.454 e. The SMILES string of the molecule is O=C1CC(c2ccc3c(c2)OCO3)c2c(nc(SCc3ccc(Cl)cc3)[nH]c2=O)N1. The van der Waals surface area contributed by atoms with Crippen LogP contribution in [0.25, 0.3) is 0 Å². The van der Waals surface area contributed by atoms with Crippen LogP contribution in [0.15, 0.2) is 52.4 Å². The molecule has 1 amide bonds. The molecule has 3 heterocycles. The summed E-state index contributed by atoms with van der Waals surface area (Å²) in [5, 5.41) is 3.85. The number of ether oxygens (including phenoxy) is 2. The van der Waals surface area contributed by atoms with Crippen LogP contribution in [0.1, 0.15) is 29.0 Å². The highest BCUT2D eigenvalue weighted by molar-refractivity contribution is 7.98. The van der Waals surface area contributed by atoms with Crippen molar-refractivity contribution < 1.29 is 14.3 Å². The van der Waals surface area contributed by atoms with Crippen LogP contribution in [0.4, 0.5) is 5.82 Å². The Hall–Kier alpha value is -2.97. The molecule has 0 radical (unpaired) electrons. The van der Waals surface area contributed by atoms with Crippen molar-refractivity contribution in [1.82, 2.24) is 9.97 Å². The minimum atomic E-state index is -0.408. The molecule has 30 heavy (non-hydrogen) atoms. The molecular formula is C21H16ClN3O4S. The van der Waals surface area contributed by atoms with Gasteiger partial charge in [-0.3, -0.25) is 9.59 Å². The average molecular weight is 442 g/mol. The number of anilines is 1. The fourth-order valence-electron chi connectivity index (χ4n) is 3.57. The van der Waals surface area contributed by atoms with Gasteiger partial charge in [0.25, 0.3) is 5.56 Å². The molecule has 7 nitrogen and oxygen atoms in total. The lowest BCUT2D eigenvalue weighted by Crippen LogP contribution is -2.31. The number of aromatic amines is 1. The second kappa shape index (κ2) is 7.70. The van der Waals surface area contributed by atoms with Gasteiger partial charge in [-0.2, -0.15) is 0 Å². The normalized spacial score (nSPS) is 16.8. The Labute approximate surface area is 180 Å². The van der Waals surface area contributed by atoms with Gasteiger partial charge in [-0.05, 0) is 35.4 Å². The maximum Gasteiger partial charge on any atom is 0.257 e. The number of H-pyrrole nitrogens is 1. The van der Waals surface area contributed by atoms with Crippen LogP contribution in [0.3, 0.4) is 0 Å². The first-order chi connectivity index (χ1) is 14.6. The summed E-state index contributed by atoms with van der Waals surface area (Å²) in [7, 11) is 0. The van der Waals surface area contributed by atoms with E-state index in [9.17, 15) is 9.59 Å². The van der Waals surface area contributed by atoms with Gasteiger partial charge in [-0.25, -0.2) is 4.98 Å². The van der Waals surface area contributed by atoms with Crippen molar-refractivity contribution in [3.63, 3.8) is 0 Å². The van der Waals surface area contributed by atoms with Crippen LogP contribution in [-0.2, 0) is 10.5 Å². The second-order valence-corrected chi connectivity index (χ2v) is 8.37. The van der Waals surface area contributed by atoms with Crippen LogP contribution >= 0.6 is 23.4 Å². The van der Waals surface area contributed by atoms with Crippen LogP contribution in [-0.4, -0.2) is 22.7 Å². The summed E-state index contributed by atoms with van der Waals surface area (Å²) in [6.07, 6.45) is 0.161. The first-order valence-electron chi connectivity index (χ1n) is 9.27. The van der Waals surface area contributed by atoms with Gasteiger partial charge in [0.15, 0.2) is 16.7 Å². The van der Waals surface area contributed by atoms with Crippen molar-refractivity contribution in [2.45, 2.75) is 23.2 Å². The number of benzene rings is 2. The zero-order valence-corrected chi connectivity index (χ0v) is 17.2. The monoisotopic (exact) mass is 441 g/mol. The van der Waals surface area contributed by atoms with E-state index in [0.717, 1.165) is 11.1 Å². The van der Waals surface area contributed by atoms with Gasteiger partial charge in [-0.1, -0.05) is 41.6 Å². The number of nitrogens with zero attached hydrogens (tertiary/aromatic N) is 1. The van der Waals surface area contributed by atoms with Crippen LogP contribution in [0, 0.1) is 0 Å². The standard InChI is InChI=1S/C21H16ClN3O4S/c22-13-4-1-11(2-5-13)9-30-21-24-19-18(20(27)25-21)14(8-17(26)23-19)12-3-6-15-16(7-12)29-10-28-15/h1-7,14H,8-10H2,(H2,23,24,25,26,27).